The Morgan fingerprint density at radius 3 is 1.88 bits per heavy atom. The Labute approximate surface area is 136 Å². The second-order valence-corrected chi connectivity index (χ2v) is 4.45. The molecule has 0 aliphatic heterocycles. The molecule has 2 N–H and O–H groups in total. The maximum absolute atomic E-state index is 12.9. The van der Waals surface area contributed by atoms with Crippen LogP contribution in [0.3, 0.4) is 0 Å². The molecular weight excluding hydrogens is 295 g/mol. The number of hydrogen-bond acceptors (Lipinski definition) is 2. The zero-order valence-electron chi connectivity index (χ0n) is 8.42. The summed E-state index contributed by atoms with van der Waals surface area (Å²) in [5, 5.41) is 4.47. The minimum Gasteiger partial charge on any atom is -0.445 e. The van der Waals surface area contributed by atoms with Gasteiger partial charge in [-0.3, -0.25) is 0 Å². The van der Waals surface area contributed by atoms with Crippen molar-refractivity contribution >= 4 is 22.5 Å². The summed E-state index contributed by atoms with van der Waals surface area (Å²) in [4.78, 5) is -1.39. The normalized spacial score (nSPS) is 12.1. The summed E-state index contributed by atoms with van der Waals surface area (Å²) < 4.78 is 83.6. The van der Waals surface area contributed by atoms with Crippen LogP contribution in [0.4, 0.5) is 21.7 Å². The molecule has 0 saturated heterocycles. The fourth-order valence-electron chi connectivity index (χ4n) is 1.01. The molecule has 0 saturated carbocycles. The van der Waals surface area contributed by atoms with E-state index in [1.165, 1.54) is 0 Å². The summed E-state index contributed by atoms with van der Waals surface area (Å²) in [5.74, 6) is -3.54. The van der Waals surface area contributed by atoms with Crippen molar-refractivity contribution in [3.05, 3.63) is 23.8 Å². The molecule has 1 aromatic rings. The molecule has 90 valence electrons. The second-order valence-electron chi connectivity index (χ2n) is 2.92. The van der Waals surface area contributed by atoms with Gasteiger partial charge in [-0.2, -0.15) is 0 Å². The van der Waals surface area contributed by atoms with Crippen molar-refractivity contribution in [1.82, 2.24) is 0 Å². The average molecular weight is 299 g/mol. The van der Waals surface area contributed by atoms with Crippen molar-refractivity contribution in [3.8, 4) is 0 Å². The van der Waals surface area contributed by atoms with E-state index in [4.69, 9.17) is 0 Å². The predicted molar refractivity (Wildman–Crippen MR) is 46.4 cm³/mol. The largest absolute Gasteiger partial charge is 1.00 e. The van der Waals surface area contributed by atoms with Gasteiger partial charge in [0.25, 0.3) is 0 Å². The van der Waals surface area contributed by atoms with Gasteiger partial charge in [-0.15, -0.1) is 0 Å². The third-order valence-electron chi connectivity index (χ3n) is 1.71. The fourth-order valence-corrected chi connectivity index (χ4v) is 1.64. The quantitative estimate of drug-likeness (QED) is 0.492. The van der Waals surface area contributed by atoms with Crippen molar-refractivity contribution in [2.24, 2.45) is 5.14 Å². The van der Waals surface area contributed by atoms with E-state index in [1.807, 2.05) is 0 Å². The topological polar surface area (TPSA) is 60.2 Å². The molecule has 0 atom stereocenters. The van der Waals surface area contributed by atoms with Crippen molar-refractivity contribution in [3.63, 3.8) is 0 Å². The number of primary sulfonamides is 1. The van der Waals surface area contributed by atoms with E-state index in [0.29, 0.717) is 0 Å². The van der Waals surface area contributed by atoms with Gasteiger partial charge in [0.2, 0.25) is 10.0 Å². The molecule has 0 aromatic heterocycles. The van der Waals surface area contributed by atoms with Crippen molar-refractivity contribution < 1.29 is 81.5 Å². The van der Waals surface area contributed by atoms with Crippen LogP contribution in [0.2, 0.25) is 0 Å². The Morgan fingerprint density at radius 2 is 1.53 bits per heavy atom. The first-order valence-corrected chi connectivity index (χ1v) is 5.30. The molecule has 1 rings (SSSR count). The first-order chi connectivity index (χ1) is 7.03. The summed E-state index contributed by atoms with van der Waals surface area (Å²) in [7, 11) is -4.66. The minimum absolute atomic E-state index is 0. The molecule has 3 nitrogen and oxygen atoms in total. The molecule has 0 spiro atoms. The number of hydrogen-bond donors (Lipinski definition) is 1. The van der Waals surface area contributed by atoms with Crippen LogP contribution in [-0.4, -0.2) is 15.4 Å². The third-order valence-corrected chi connectivity index (χ3v) is 2.64. The minimum atomic E-state index is -5.78. The summed E-state index contributed by atoms with van der Waals surface area (Å²) in [6.45, 7) is -5.78. The van der Waals surface area contributed by atoms with Gasteiger partial charge in [0, 0.05) is 6.07 Å². The van der Waals surface area contributed by atoms with Gasteiger partial charge in [0.15, 0.2) is 0 Å². The zero-order chi connectivity index (χ0) is 12.7. The Balaban J connectivity index is 0.00000256. The number of rotatable bonds is 2. The zero-order valence-corrected chi connectivity index (χ0v) is 12.4. The standard InChI is InChI=1S/C6H4BF5NO2S.K/c8-4-2-5(9)6(16(13,14)15)1-3(4)7(10,11)12;/h1-2H,(H2,13,14,15);/q-1;+1. The van der Waals surface area contributed by atoms with Gasteiger partial charge in [-0.1, -0.05) is 11.5 Å². The summed E-state index contributed by atoms with van der Waals surface area (Å²) >= 11 is 0. The van der Waals surface area contributed by atoms with Crippen LogP contribution in [-0.2, 0) is 10.0 Å². The summed E-state index contributed by atoms with van der Waals surface area (Å²) in [6.07, 6.45) is 0. The average Bonchev–Trinajstić information content (AvgIpc) is 1.97. The monoisotopic (exact) mass is 299 g/mol. The molecule has 17 heavy (non-hydrogen) atoms. The Kier molecular flexibility index (Phi) is 5.79. The fraction of sp³-hybridized carbons (Fsp3) is 0. The molecule has 0 heterocycles. The van der Waals surface area contributed by atoms with E-state index in [-0.39, 0.29) is 63.5 Å². The Hall–Kier alpha value is 0.481. The van der Waals surface area contributed by atoms with E-state index >= 15 is 0 Å². The van der Waals surface area contributed by atoms with Crippen LogP contribution >= 0.6 is 0 Å². The van der Waals surface area contributed by atoms with Gasteiger partial charge < -0.3 is 12.9 Å². The number of benzene rings is 1. The molecule has 0 amide bonds. The Bertz CT molecular complexity index is 532. The summed E-state index contributed by atoms with van der Waals surface area (Å²) in [6, 6.07) is -0.315. The molecule has 0 fully saturated rings. The number of halogens is 5. The maximum atomic E-state index is 12.9. The molecule has 11 heteroatoms. The van der Waals surface area contributed by atoms with Crippen LogP contribution in [0, 0.1) is 11.6 Å². The van der Waals surface area contributed by atoms with Crippen LogP contribution in [0.5, 0.6) is 0 Å². The van der Waals surface area contributed by atoms with E-state index < -0.39 is 39.0 Å². The van der Waals surface area contributed by atoms with Gasteiger partial charge in [-0.25, -0.2) is 22.3 Å². The van der Waals surface area contributed by atoms with Crippen LogP contribution in [0.15, 0.2) is 17.0 Å². The Morgan fingerprint density at radius 1 is 1.06 bits per heavy atom. The van der Waals surface area contributed by atoms with Crippen molar-refractivity contribution in [2.75, 3.05) is 0 Å². The first kappa shape index (κ1) is 17.5. The molecule has 0 bridgehead atoms. The van der Waals surface area contributed by atoms with Crippen LogP contribution in [0.1, 0.15) is 0 Å². The molecule has 0 aliphatic carbocycles. The van der Waals surface area contributed by atoms with E-state index in [1.54, 1.807) is 0 Å². The smallest absolute Gasteiger partial charge is 0.445 e. The molecular formula is C6H4BF5KNO2S. The molecule has 1 aromatic carbocycles. The van der Waals surface area contributed by atoms with Gasteiger partial charge in [0.1, 0.15) is 10.7 Å². The second kappa shape index (κ2) is 5.63. The third kappa shape index (κ3) is 4.26. The van der Waals surface area contributed by atoms with Gasteiger partial charge in [-0.05, 0) is 0 Å². The van der Waals surface area contributed by atoms with Crippen molar-refractivity contribution in [1.29, 1.82) is 0 Å². The first-order valence-electron chi connectivity index (χ1n) is 3.75. The predicted octanol–water partition coefficient (Wildman–Crippen LogP) is -2.33. The molecule has 0 unspecified atom stereocenters. The summed E-state index contributed by atoms with van der Waals surface area (Å²) in [5.41, 5.74) is -1.83. The number of nitrogens with two attached hydrogens (primary N) is 1. The van der Waals surface area contributed by atoms with Gasteiger partial charge >= 0.3 is 58.4 Å². The molecule has 0 aliphatic rings. The maximum Gasteiger partial charge on any atom is 1.00 e. The van der Waals surface area contributed by atoms with Crippen molar-refractivity contribution in [2.45, 2.75) is 4.90 Å². The molecule has 0 radical (unpaired) electrons. The van der Waals surface area contributed by atoms with Crippen LogP contribution < -0.4 is 62.0 Å². The van der Waals surface area contributed by atoms with E-state index in [0.717, 1.165) is 0 Å². The number of sulfonamides is 1. The van der Waals surface area contributed by atoms with E-state index in [2.05, 4.69) is 5.14 Å². The van der Waals surface area contributed by atoms with Gasteiger partial charge in [0.05, 0.1) is 5.82 Å². The SMILES string of the molecule is NS(=O)(=O)c1cc([B-](F)(F)F)c(F)cc1F.[K+]. The van der Waals surface area contributed by atoms with Crippen LogP contribution in [0.25, 0.3) is 0 Å². The van der Waals surface area contributed by atoms with E-state index in [9.17, 15) is 30.1 Å².